The number of hydrogen-bond donors (Lipinski definition) is 1. The minimum atomic E-state index is -1.09. The summed E-state index contributed by atoms with van der Waals surface area (Å²) in [6, 6.07) is 0. The van der Waals surface area contributed by atoms with E-state index in [1.54, 1.807) is 13.8 Å². The molecule has 17 heavy (non-hydrogen) atoms. The van der Waals surface area contributed by atoms with Crippen molar-refractivity contribution < 1.29 is 18.8 Å². The molecule has 2 unspecified atom stereocenters. The quantitative estimate of drug-likeness (QED) is 0.801. The molecule has 1 aromatic heterocycles. The van der Waals surface area contributed by atoms with Crippen molar-refractivity contribution in [2.45, 2.75) is 32.9 Å². The van der Waals surface area contributed by atoms with Gasteiger partial charge in [-0.25, -0.2) is 9.18 Å². The summed E-state index contributed by atoms with van der Waals surface area (Å²) < 4.78 is 17.9. The zero-order valence-electron chi connectivity index (χ0n) is 9.92. The highest BCUT2D eigenvalue weighted by Gasteiger charge is 2.24. The minimum absolute atomic E-state index is 0.105. The van der Waals surface area contributed by atoms with Gasteiger partial charge in [0.25, 0.3) is 5.89 Å². The van der Waals surface area contributed by atoms with Gasteiger partial charge < -0.3 is 9.63 Å². The fourth-order valence-electron chi connectivity index (χ4n) is 1.28. The van der Waals surface area contributed by atoms with E-state index in [9.17, 15) is 9.18 Å². The second-order valence-corrected chi connectivity index (χ2v) is 3.99. The summed E-state index contributed by atoms with van der Waals surface area (Å²) in [5.41, 5.74) is 0. The third-order valence-electron chi connectivity index (χ3n) is 2.75. The van der Waals surface area contributed by atoms with Crippen molar-refractivity contribution in [2.24, 2.45) is 5.92 Å². The Hall–Kier alpha value is -1.72. The Labute approximate surface area is 98.3 Å². The maximum atomic E-state index is 13.1. The summed E-state index contributed by atoms with van der Waals surface area (Å²) in [5.74, 6) is -1.03. The minimum Gasteiger partial charge on any atom is -0.478 e. The van der Waals surface area contributed by atoms with Crippen LogP contribution in [0, 0.1) is 5.92 Å². The van der Waals surface area contributed by atoms with Gasteiger partial charge >= 0.3 is 5.97 Å². The number of aliphatic carboxylic acids is 1. The Morgan fingerprint density at radius 1 is 1.47 bits per heavy atom. The van der Waals surface area contributed by atoms with Crippen molar-refractivity contribution in [3.05, 3.63) is 17.8 Å². The number of carboxylic acids is 1. The molecule has 1 rings (SSSR count). The Morgan fingerprint density at radius 2 is 2.12 bits per heavy atom. The zero-order valence-corrected chi connectivity index (χ0v) is 9.92. The van der Waals surface area contributed by atoms with Gasteiger partial charge in [0.05, 0.1) is 0 Å². The second-order valence-electron chi connectivity index (χ2n) is 3.99. The highest BCUT2D eigenvalue weighted by molar-refractivity contribution is 5.84. The first-order valence-corrected chi connectivity index (χ1v) is 5.30. The van der Waals surface area contributed by atoms with Crippen LogP contribution in [-0.4, -0.2) is 27.4 Å². The van der Waals surface area contributed by atoms with E-state index in [1.807, 2.05) is 0 Å². The van der Waals surface area contributed by atoms with Crippen LogP contribution in [0.5, 0.6) is 0 Å². The molecule has 0 saturated heterocycles. The molecule has 0 aliphatic carbocycles. The predicted octanol–water partition coefficient (Wildman–Crippen LogP) is 2.26. The molecule has 0 saturated carbocycles. The number of alkyl halides is 1. The van der Waals surface area contributed by atoms with E-state index >= 15 is 0 Å². The smallest absolute Gasteiger partial charge is 0.328 e. The van der Waals surface area contributed by atoms with E-state index < -0.39 is 12.1 Å². The highest BCUT2D eigenvalue weighted by atomic mass is 19.1. The van der Waals surface area contributed by atoms with Crippen LogP contribution in [0.1, 0.15) is 38.4 Å². The summed E-state index contributed by atoms with van der Waals surface area (Å²) in [6.07, 6.45) is 1.14. The van der Waals surface area contributed by atoms with Gasteiger partial charge in [0.1, 0.15) is 6.17 Å². The van der Waals surface area contributed by atoms with Crippen molar-refractivity contribution >= 4 is 12.0 Å². The van der Waals surface area contributed by atoms with Gasteiger partial charge in [-0.2, -0.15) is 4.98 Å². The standard InChI is InChI=1S/C11H15FN2O3/c1-6(8(3)12)7(2)11-13-9(17-14-11)4-5-10(15)16/h4-8H,1-3H3,(H,15,16)/b5-4+/t6-,7?,8?/m1/s1. The zero-order chi connectivity index (χ0) is 13.0. The molecule has 0 radical (unpaired) electrons. The van der Waals surface area contributed by atoms with E-state index in [1.165, 1.54) is 13.0 Å². The number of hydrogen-bond acceptors (Lipinski definition) is 4. The third-order valence-corrected chi connectivity index (χ3v) is 2.75. The van der Waals surface area contributed by atoms with E-state index in [0.29, 0.717) is 5.82 Å². The predicted molar refractivity (Wildman–Crippen MR) is 59.1 cm³/mol. The molecule has 1 aromatic rings. The van der Waals surface area contributed by atoms with E-state index in [4.69, 9.17) is 9.63 Å². The molecule has 0 fully saturated rings. The lowest BCUT2D eigenvalue weighted by molar-refractivity contribution is -0.131. The first-order valence-electron chi connectivity index (χ1n) is 5.30. The van der Waals surface area contributed by atoms with Gasteiger partial charge in [0.15, 0.2) is 5.82 Å². The number of rotatable bonds is 5. The lowest BCUT2D eigenvalue weighted by atomic mass is 9.92. The van der Waals surface area contributed by atoms with E-state index in [2.05, 4.69) is 10.1 Å². The van der Waals surface area contributed by atoms with E-state index in [-0.39, 0.29) is 17.7 Å². The van der Waals surface area contributed by atoms with Gasteiger partial charge in [0.2, 0.25) is 0 Å². The van der Waals surface area contributed by atoms with Crippen molar-refractivity contribution in [2.75, 3.05) is 0 Å². The van der Waals surface area contributed by atoms with Crippen LogP contribution >= 0.6 is 0 Å². The molecular formula is C11H15FN2O3. The second kappa shape index (κ2) is 5.56. The maximum absolute atomic E-state index is 13.1. The number of carbonyl (C=O) groups is 1. The molecular weight excluding hydrogens is 227 g/mol. The summed E-state index contributed by atoms with van der Waals surface area (Å²) in [4.78, 5) is 14.3. The van der Waals surface area contributed by atoms with Crippen LogP contribution in [0.4, 0.5) is 4.39 Å². The van der Waals surface area contributed by atoms with E-state index in [0.717, 1.165) is 6.08 Å². The van der Waals surface area contributed by atoms with Gasteiger partial charge in [-0.3, -0.25) is 0 Å². The average molecular weight is 242 g/mol. The first kappa shape index (κ1) is 13.3. The number of aromatic nitrogens is 2. The average Bonchev–Trinajstić information content (AvgIpc) is 2.72. The molecule has 0 aromatic carbocycles. The molecule has 5 nitrogen and oxygen atoms in total. The SMILES string of the molecule is CC(F)[C@H](C)C(C)c1noc(/C=C/C(=O)O)n1. The normalized spacial score (nSPS) is 16.9. The molecule has 3 atom stereocenters. The van der Waals surface area contributed by atoms with Crippen molar-refractivity contribution in [1.82, 2.24) is 10.1 Å². The number of halogens is 1. The fraction of sp³-hybridized carbons (Fsp3) is 0.545. The van der Waals surface area contributed by atoms with Gasteiger partial charge in [-0.15, -0.1) is 0 Å². The molecule has 1 N–H and O–H groups in total. The fourth-order valence-corrected chi connectivity index (χ4v) is 1.28. The largest absolute Gasteiger partial charge is 0.478 e. The lowest BCUT2D eigenvalue weighted by Crippen LogP contribution is -2.16. The van der Waals surface area contributed by atoms with Crippen molar-refractivity contribution in [3.63, 3.8) is 0 Å². The summed E-state index contributed by atoms with van der Waals surface area (Å²) in [5, 5.41) is 12.1. The van der Waals surface area contributed by atoms with Gasteiger partial charge in [0, 0.05) is 18.1 Å². The molecule has 0 aliphatic heterocycles. The Balaban J connectivity index is 2.77. The van der Waals surface area contributed by atoms with Crippen LogP contribution < -0.4 is 0 Å². The molecule has 0 spiro atoms. The molecule has 0 aliphatic rings. The van der Waals surface area contributed by atoms with Gasteiger partial charge in [-0.1, -0.05) is 19.0 Å². The Kier molecular flexibility index (Phi) is 4.37. The first-order chi connectivity index (χ1) is 7.91. The molecule has 1 heterocycles. The van der Waals surface area contributed by atoms with Crippen LogP contribution in [0.2, 0.25) is 0 Å². The monoisotopic (exact) mass is 242 g/mol. The molecule has 94 valence electrons. The van der Waals surface area contributed by atoms with Crippen LogP contribution in [0.15, 0.2) is 10.6 Å². The van der Waals surface area contributed by atoms with Crippen LogP contribution in [0.25, 0.3) is 6.08 Å². The molecule has 0 bridgehead atoms. The van der Waals surface area contributed by atoms with Gasteiger partial charge in [-0.05, 0) is 12.8 Å². The Bertz CT molecular complexity index is 415. The Morgan fingerprint density at radius 3 is 2.65 bits per heavy atom. The molecule has 0 amide bonds. The number of carboxylic acid groups (broad SMARTS) is 1. The molecule has 6 heteroatoms. The lowest BCUT2D eigenvalue weighted by Gasteiger charge is -2.17. The summed E-state index contributed by atoms with van der Waals surface area (Å²) in [7, 11) is 0. The topological polar surface area (TPSA) is 76.2 Å². The maximum Gasteiger partial charge on any atom is 0.328 e. The van der Waals surface area contributed by atoms with Crippen LogP contribution in [0.3, 0.4) is 0 Å². The summed E-state index contributed by atoms with van der Waals surface area (Å²) in [6.45, 7) is 5.04. The van der Waals surface area contributed by atoms with Crippen molar-refractivity contribution in [1.29, 1.82) is 0 Å². The number of nitrogens with zero attached hydrogens (tertiary/aromatic N) is 2. The van der Waals surface area contributed by atoms with Crippen LogP contribution in [-0.2, 0) is 4.79 Å². The summed E-state index contributed by atoms with van der Waals surface area (Å²) >= 11 is 0. The third kappa shape index (κ3) is 3.65. The highest BCUT2D eigenvalue weighted by Crippen LogP contribution is 2.25. The van der Waals surface area contributed by atoms with Crippen molar-refractivity contribution in [3.8, 4) is 0 Å².